The van der Waals surface area contributed by atoms with Crippen LogP contribution in [0.3, 0.4) is 0 Å². The van der Waals surface area contributed by atoms with E-state index in [9.17, 15) is 0 Å². The summed E-state index contributed by atoms with van der Waals surface area (Å²) >= 11 is 0. The molecule has 0 radical (unpaired) electrons. The van der Waals surface area contributed by atoms with Crippen LogP contribution in [-0.2, 0) is 20.1 Å². The van der Waals surface area contributed by atoms with Gasteiger partial charge in [-0.05, 0) is 35.8 Å². The van der Waals surface area contributed by atoms with Crippen molar-refractivity contribution in [1.29, 1.82) is 5.26 Å². The molecule has 0 spiro atoms. The fraction of sp³-hybridized carbons (Fsp3) is 0.0690. The average Bonchev–Trinajstić information content (AvgIpc) is 3.40. The predicted molar refractivity (Wildman–Crippen MR) is 132 cm³/mol. The monoisotopic (exact) mass is 620 g/mol. The summed E-state index contributed by atoms with van der Waals surface area (Å²) in [6, 6.07) is 36.0. The Morgan fingerprint density at radius 3 is 2.32 bits per heavy atom. The number of nitrogens with zero attached hydrogens (tertiary/aromatic N) is 4. The van der Waals surface area contributed by atoms with E-state index < -0.39 is 0 Å². The zero-order valence-corrected chi connectivity index (χ0v) is 21.1. The van der Waals surface area contributed by atoms with E-state index in [4.69, 9.17) is 5.26 Å². The van der Waals surface area contributed by atoms with E-state index in [1.807, 2.05) is 84.8 Å². The molecule has 0 N–H and O–H groups in total. The van der Waals surface area contributed by atoms with Crippen LogP contribution in [0.2, 0.25) is 0 Å². The molecule has 3 aromatic carbocycles. The average molecular weight is 620 g/mol. The van der Waals surface area contributed by atoms with E-state index in [1.54, 1.807) is 12.1 Å². The number of anilines is 1. The van der Waals surface area contributed by atoms with Crippen molar-refractivity contribution in [2.45, 2.75) is 6.92 Å². The molecule has 0 aliphatic carbocycles. The van der Waals surface area contributed by atoms with Gasteiger partial charge in [0.15, 0.2) is 0 Å². The molecule has 168 valence electrons. The summed E-state index contributed by atoms with van der Waals surface area (Å²) in [5, 5.41) is 8.66. The minimum Gasteiger partial charge on any atom is -0.508 e. The second-order valence-corrected chi connectivity index (χ2v) is 7.30. The minimum absolute atomic E-state index is 0. The van der Waals surface area contributed by atoms with Crippen molar-refractivity contribution in [2.24, 2.45) is 0 Å². The Labute approximate surface area is 215 Å². The van der Waals surface area contributed by atoms with E-state index in [2.05, 4.69) is 53.2 Å². The standard InChI is InChI=1S/C17H12N.C12H11N3.Ir/c1-3-7-14(8-4-1)16-11-12-17(18-13-16)15-9-5-2-6-10-15;1-2-14-7-8-15(10-14)12-5-3-11(9-13)4-6-12;/h1-9,11-13H;3-5,7-8,10H,2H2,1H3;/q-1;-2;+3. The van der Waals surface area contributed by atoms with Gasteiger partial charge in [-0.25, -0.2) is 5.26 Å². The maximum absolute atomic E-state index is 8.66. The summed E-state index contributed by atoms with van der Waals surface area (Å²) < 4.78 is 0. The Kier molecular flexibility index (Phi) is 9.17. The number of aromatic nitrogens is 1. The van der Waals surface area contributed by atoms with Crippen LogP contribution in [0.5, 0.6) is 0 Å². The van der Waals surface area contributed by atoms with Gasteiger partial charge in [-0.15, -0.1) is 47.6 Å². The summed E-state index contributed by atoms with van der Waals surface area (Å²) in [4.78, 5) is 8.55. The first-order valence-electron chi connectivity index (χ1n) is 10.7. The fourth-order valence-corrected chi connectivity index (χ4v) is 3.28. The second kappa shape index (κ2) is 12.5. The van der Waals surface area contributed by atoms with Crippen LogP contribution in [0, 0.1) is 30.1 Å². The van der Waals surface area contributed by atoms with Crippen LogP contribution in [0.4, 0.5) is 5.69 Å². The quantitative estimate of drug-likeness (QED) is 0.252. The van der Waals surface area contributed by atoms with Gasteiger partial charge >= 0.3 is 20.1 Å². The molecule has 4 aromatic rings. The SMILES string of the molecule is CCN1C=CN(c2[c-]cc(C#N)cc2)[CH-]1.[Ir+3].[c-]1ccccc1-c1ccc(-c2ccccc2)cn1. The zero-order valence-electron chi connectivity index (χ0n) is 18.7. The molecule has 5 heteroatoms. The Morgan fingerprint density at radius 2 is 1.74 bits per heavy atom. The molecule has 0 unspecified atom stereocenters. The number of hydrogen-bond acceptors (Lipinski definition) is 4. The number of benzene rings is 3. The molecule has 0 amide bonds. The first kappa shape index (κ1) is 24.9. The molecule has 0 bridgehead atoms. The summed E-state index contributed by atoms with van der Waals surface area (Å²) in [6.45, 7) is 5.04. The van der Waals surface area contributed by atoms with Crippen molar-refractivity contribution in [3.8, 4) is 28.5 Å². The summed E-state index contributed by atoms with van der Waals surface area (Å²) in [5.74, 6) is 0. The van der Waals surface area contributed by atoms with Gasteiger partial charge < -0.3 is 14.8 Å². The summed E-state index contributed by atoms with van der Waals surface area (Å²) in [7, 11) is 0. The summed E-state index contributed by atoms with van der Waals surface area (Å²) in [5.41, 5.74) is 5.88. The van der Waals surface area contributed by atoms with E-state index >= 15 is 0 Å². The molecule has 0 atom stereocenters. The Balaban J connectivity index is 0.000000188. The van der Waals surface area contributed by atoms with Gasteiger partial charge in [0.2, 0.25) is 0 Å². The molecular formula is C29H23IrN4. The molecule has 0 saturated carbocycles. The topological polar surface area (TPSA) is 43.2 Å². The van der Waals surface area contributed by atoms with Gasteiger partial charge in [-0.1, -0.05) is 55.0 Å². The molecule has 4 nitrogen and oxygen atoms in total. The number of rotatable bonds is 4. The molecule has 2 heterocycles. The van der Waals surface area contributed by atoms with Crippen molar-refractivity contribution in [3.63, 3.8) is 0 Å². The smallest absolute Gasteiger partial charge is 0.508 e. The number of nitriles is 1. The van der Waals surface area contributed by atoms with Crippen LogP contribution in [0.1, 0.15) is 12.5 Å². The molecule has 0 fully saturated rings. The third kappa shape index (κ3) is 6.42. The third-order valence-electron chi connectivity index (χ3n) is 5.12. The van der Waals surface area contributed by atoms with Crippen LogP contribution >= 0.6 is 0 Å². The first-order chi connectivity index (χ1) is 16.3. The molecular weight excluding hydrogens is 597 g/mol. The van der Waals surface area contributed by atoms with Crippen LogP contribution in [-0.4, -0.2) is 16.4 Å². The van der Waals surface area contributed by atoms with Crippen molar-refractivity contribution in [2.75, 3.05) is 11.4 Å². The van der Waals surface area contributed by atoms with E-state index in [0.717, 1.165) is 29.1 Å². The molecule has 0 saturated heterocycles. The van der Waals surface area contributed by atoms with Crippen molar-refractivity contribution >= 4 is 5.69 Å². The normalized spacial score (nSPS) is 11.8. The van der Waals surface area contributed by atoms with Gasteiger partial charge in [0.05, 0.1) is 0 Å². The van der Waals surface area contributed by atoms with Gasteiger partial charge in [0.25, 0.3) is 0 Å². The molecule has 34 heavy (non-hydrogen) atoms. The second-order valence-electron chi connectivity index (χ2n) is 7.30. The molecule has 5 rings (SSSR count). The third-order valence-corrected chi connectivity index (χ3v) is 5.12. The Morgan fingerprint density at radius 1 is 0.912 bits per heavy atom. The van der Waals surface area contributed by atoms with Gasteiger partial charge in [0, 0.05) is 12.3 Å². The zero-order chi connectivity index (χ0) is 22.9. The van der Waals surface area contributed by atoms with Gasteiger partial charge in [-0.2, -0.15) is 24.9 Å². The van der Waals surface area contributed by atoms with Crippen molar-refractivity contribution in [1.82, 2.24) is 9.88 Å². The first-order valence-corrected chi connectivity index (χ1v) is 10.7. The molecule has 1 aliphatic heterocycles. The minimum atomic E-state index is 0. The summed E-state index contributed by atoms with van der Waals surface area (Å²) in [6.07, 6.45) is 5.89. The van der Waals surface area contributed by atoms with Crippen LogP contribution < -0.4 is 4.90 Å². The largest absolute Gasteiger partial charge is 3.00 e. The van der Waals surface area contributed by atoms with E-state index in [1.165, 1.54) is 5.56 Å². The Bertz CT molecular complexity index is 1160. The number of hydrogen-bond donors (Lipinski definition) is 0. The maximum Gasteiger partial charge on any atom is 3.00 e. The van der Waals surface area contributed by atoms with Crippen molar-refractivity contribution in [3.05, 3.63) is 128 Å². The predicted octanol–water partition coefficient (Wildman–Crippen LogP) is 6.30. The molecule has 1 aromatic heterocycles. The van der Waals surface area contributed by atoms with Gasteiger partial charge in [-0.3, -0.25) is 0 Å². The Hall–Kier alpha value is -3.71. The maximum atomic E-state index is 8.66. The molecule has 1 aliphatic rings. The van der Waals surface area contributed by atoms with Crippen molar-refractivity contribution < 1.29 is 20.1 Å². The van der Waals surface area contributed by atoms with E-state index in [-0.39, 0.29) is 20.1 Å². The number of pyridine rings is 1. The fourth-order valence-electron chi connectivity index (χ4n) is 3.28. The van der Waals surface area contributed by atoms with Crippen LogP contribution in [0.15, 0.2) is 104 Å². The van der Waals surface area contributed by atoms with Crippen LogP contribution in [0.25, 0.3) is 22.4 Å². The van der Waals surface area contributed by atoms with E-state index in [0.29, 0.717) is 5.56 Å². The van der Waals surface area contributed by atoms with Gasteiger partial charge in [0.1, 0.15) is 0 Å².